The van der Waals surface area contributed by atoms with Gasteiger partial charge in [-0.25, -0.2) is 0 Å². The van der Waals surface area contributed by atoms with E-state index < -0.39 is 0 Å². The van der Waals surface area contributed by atoms with E-state index in [1.54, 1.807) is 7.11 Å². The molecular formula is C13H21NO2S. The van der Waals surface area contributed by atoms with Crippen molar-refractivity contribution in [2.75, 3.05) is 32.8 Å². The monoisotopic (exact) mass is 255 g/mol. The van der Waals surface area contributed by atoms with Crippen LogP contribution >= 0.6 is 11.8 Å². The summed E-state index contributed by atoms with van der Waals surface area (Å²) in [5.41, 5.74) is 1.23. The molecule has 0 saturated heterocycles. The van der Waals surface area contributed by atoms with Gasteiger partial charge in [0.2, 0.25) is 0 Å². The Morgan fingerprint density at radius 3 is 2.65 bits per heavy atom. The van der Waals surface area contributed by atoms with E-state index in [-0.39, 0.29) is 0 Å². The van der Waals surface area contributed by atoms with Crippen LogP contribution in [-0.2, 0) is 0 Å². The first kappa shape index (κ1) is 14.2. The molecule has 1 rings (SSSR count). The lowest BCUT2D eigenvalue weighted by atomic mass is 10.1. The van der Waals surface area contributed by atoms with Gasteiger partial charge in [0.05, 0.1) is 13.7 Å². The van der Waals surface area contributed by atoms with Crippen LogP contribution < -0.4 is 14.8 Å². The Kier molecular flexibility index (Phi) is 6.22. The van der Waals surface area contributed by atoms with Crippen LogP contribution in [-0.4, -0.2) is 32.8 Å². The lowest BCUT2D eigenvalue weighted by Crippen LogP contribution is -2.18. The number of rotatable bonds is 7. The molecule has 1 atom stereocenters. The van der Waals surface area contributed by atoms with Crippen LogP contribution in [0.2, 0.25) is 0 Å². The maximum atomic E-state index is 5.58. The molecule has 0 bridgehead atoms. The Hall–Kier alpha value is -0.870. The van der Waals surface area contributed by atoms with Crippen LogP contribution in [0.3, 0.4) is 0 Å². The second-order valence-corrected chi connectivity index (χ2v) is 4.55. The van der Waals surface area contributed by atoms with Gasteiger partial charge in [-0.05, 0) is 37.9 Å². The van der Waals surface area contributed by atoms with Gasteiger partial charge in [-0.3, -0.25) is 0 Å². The molecule has 4 heteroatoms. The van der Waals surface area contributed by atoms with Gasteiger partial charge < -0.3 is 14.8 Å². The van der Waals surface area contributed by atoms with Crippen LogP contribution in [0.4, 0.5) is 0 Å². The first-order chi connectivity index (χ1) is 8.26. The average Bonchev–Trinajstić information content (AvgIpc) is 2.36. The third-order valence-corrected chi connectivity index (χ3v) is 3.24. The molecule has 0 saturated carbocycles. The van der Waals surface area contributed by atoms with E-state index in [0.717, 1.165) is 17.3 Å². The van der Waals surface area contributed by atoms with Crippen LogP contribution in [0.15, 0.2) is 18.2 Å². The molecule has 0 aliphatic heterocycles. The summed E-state index contributed by atoms with van der Waals surface area (Å²) in [6.45, 7) is 2.62. The SMILES string of the molecule is CCOc1cc(C(CSC)NC)ccc1OC. The van der Waals surface area contributed by atoms with Gasteiger partial charge in [0.15, 0.2) is 11.5 Å². The molecule has 1 N–H and O–H groups in total. The van der Waals surface area contributed by atoms with Crippen LogP contribution in [0, 0.1) is 0 Å². The van der Waals surface area contributed by atoms with Crippen LogP contribution in [0.5, 0.6) is 11.5 Å². The van der Waals surface area contributed by atoms with Gasteiger partial charge in [0.1, 0.15) is 0 Å². The Morgan fingerprint density at radius 1 is 1.35 bits per heavy atom. The molecule has 0 amide bonds. The lowest BCUT2D eigenvalue weighted by Gasteiger charge is -2.17. The Labute approximate surface area is 108 Å². The topological polar surface area (TPSA) is 30.5 Å². The second-order valence-electron chi connectivity index (χ2n) is 3.64. The van der Waals surface area contributed by atoms with Crippen molar-refractivity contribution in [3.63, 3.8) is 0 Å². The van der Waals surface area contributed by atoms with E-state index in [1.807, 2.05) is 31.8 Å². The van der Waals surface area contributed by atoms with Gasteiger partial charge in [-0.2, -0.15) is 11.8 Å². The van der Waals surface area contributed by atoms with Crippen LogP contribution in [0.25, 0.3) is 0 Å². The molecule has 1 unspecified atom stereocenters. The summed E-state index contributed by atoms with van der Waals surface area (Å²) >= 11 is 1.82. The van der Waals surface area contributed by atoms with E-state index in [0.29, 0.717) is 12.6 Å². The molecule has 3 nitrogen and oxygen atoms in total. The molecule has 17 heavy (non-hydrogen) atoms. The smallest absolute Gasteiger partial charge is 0.161 e. The van der Waals surface area contributed by atoms with E-state index in [9.17, 15) is 0 Å². The Morgan fingerprint density at radius 2 is 2.12 bits per heavy atom. The normalized spacial score (nSPS) is 12.2. The van der Waals surface area contributed by atoms with Gasteiger partial charge in [-0.1, -0.05) is 6.07 Å². The van der Waals surface area contributed by atoms with Crippen molar-refractivity contribution < 1.29 is 9.47 Å². The van der Waals surface area contributed by atoms with Gasteiger partial charge >= 0.3 is 0 Å². The number of ether oxygens (including phenoxy) is 2. The molecule has 0 spiro atoms. The highest BCUT2D eigenvalue weighted by Crippen LogP contribution is 2.30. The van der Waals surface area contributed by atoms with Crippen molar-refractivity contribution in [2.24, 2.45) is 0 Å². The summed E-state index contributed by atoms with van der Waals surface area (Å²) in [5.74, 6) is 2.64. The molecule has 0 fully saturated rings. The Bertz CT molecular complexity index is 344. The standard InChI is InChI=1S/C13H21NO2S/c1-5-16-13-8-10(6-7-12(13)15-3)11(14-2)9-17-4/h6-8,11,14H,5,9H2,1-4H3. The molecule has 1 aromatic rings. The first-order valence-corrected chi connectivity index (χ1v) is 7.13. The highest BCUT2D eigenvalue weighted by molar-refractivity contribution is 7.98. The van der Waals surface area contributed by atoms with Crippen molar-refractivity contribution in [3.05, 3.63) is 23.8 Å². The van der Waals surface area contributed by atoms with E-state index >= 15 is 0 Å². The highest BCUT2D eigenvalue weighted by Gasteiger charge is 2.12. The van der Waals surface area contributed by atoms with Crippen molar-refractivity contribution in [1.29, 1.82) is 0 Å². The van der Waals surface area contributed by atoms with E-state index in [1.165, 1.54) is 5.56 Å². The fraction of sp³-hybridized carbons (Fsp3) is 0.538. The maximum Gasteiger partial charge on any atom is 0.161 e. The summed E-state index contributed by atoms with van der Waals surface area (Å²) in [4.78, 5) is 0. The molecule has 0 aliphatic rings. The number of hydrogen-bond donors (Lipinski definition) is 1. The quantitative estimate of drug-likeness (QED) is 0.811. The fourth-order valence-electron chi connectivity index (χ4n) is 1.69. The van der Waals surface area contributed by atoms with Gasteiger partial charge in [0, 0.05) is 11.8 Å². The summed E-state index contributed by atoms with van der Waals surface area (Å²) < 4.78 is 10.9. The van der Waals surface area contributed by atoms with Crippen molar-refractivity contribution in [2.45, 2.75) is 13.0 Å². The maximum absolute atomic E-state index is 5.58. The summed E-state index contributed by atoms with van der Waals surface area (Å²) in [5, 5.41) is 3.31. The predicted molar refractivity (Wildman–Crippen MR) is 74.3 cm³/mol. The number of nitrogens with one attached hydrogen (secondary N) is 1. The Balaban J connectivity index is 2.96. The molecule has 0 aliphatic carbocycles. The minimum Gasteiger partial charge on any atom is -0.493 e. The zero-order valence-electron chi connectivity index (χ0n) is 10.9. The zero-order valence-corrected chi connectivity index (χ0v) is 11.8. The van der Waals surface area contributed by atoms with Crippen molar-refractivity contribution >= 4 is 11.8 Å². The van der Waals surface area contributed by atoms with E-state index in [2.05, 4.69) is 23.7 Å². The zero-order chi connectivity index (χ0) is 12.7. The summed E-state index contributed by atoms with van der Waals surface area (Å²) in [6.07, 6.45) is 2.11. The third-order valence-electron chi connectivity index (χ3n) is 2.57. The summed E-state index contributed by atoms with van der Waals surface area (Å²) in [7, 11) is 3.64. The van der Waals surface area contributed by atoms with E-state index in [4.69, 9.17) is 9.47 Å². The first-order valence-electron chi connectivity index (χ1n) is 5.73. The predicted octanol–water partition coefficient (Wildman–Crippen LogP) is 2.72. The molecule has 0 radical (unpaired) electrons. The summed E-state index contributed by atoms with van der Waals surface area (Å²) in [6, 6.07) is 6.44. The van der Waals surface area contributed by atoms with Gasteiger partial charge in [-0.15, -0.1) is 0 Å². The number of thioether (sulfide) groups is 1. The minimum atomic E-state index is 0.343. The van der Waals surface area contributed by atoms with Crippen molar-refractivity contribution in [3.8, 4) is 11.5 Å². The lowest BCUT2D eigenvalue weighted by molar-refractivity contribution is 0.310. The third kappa shape index (κ3) is 3.82. The average molecular weight is 255 g/mol. The molecule has 0 aromatic heterocycles. The molecule has 1 aromatic carbocycles. The number of methoxy groups -OCH3 is 1. The number of benzene rings is 1. The molecular weight excluding hydrogens is 234 g/mol. The molecule has 0 heterocycles. The highest BCUT2D eigenvalue weighted by atomic mass is 32.2. The van der Waals surface area contributed by atoms with Crippen LogP contribution in [0.1, 0.15) is 18.5 Å². The largest absolute Gasteiger partial charge is 0.493 e. The van der Waals surface area contributed by atoms with Gasteiger partial charge in [0.25, 0.3) is 0 Å². The number of hydrogen-bond acceptors (Lipinski definition) is 4. The molecule has 96 valence electrons. The minimum absolute atomic E-state index is 0.343. The van der Waals surface area contributed by atoms with Crippen molar-refractivity contribution in [1.82, 2.24) is 5.32 Å². The second kappa shape index (κ2) is 7.45. The fourth-order valence-corrected chi connectivity index (χ4v) is 2.38.